The van der Waals surface area contributed by atoms with Crippen LogP contribution in [0.1, 0.15) is 58.4 Å². The first-order chi connectivity index (χ1) is 47.0. The monoisotopic (exact) mass is 1450 g/mol. The second-order valence-corrected chi connectivity index (χ2v) is 28.4. The molecule has 0 saturated carbocycles. The van der Waals surface area contributed by atoms with E-state index in [1.807, 2.05) is 13.8 Å². The molecule has 0 heterocycles. The number of carboxylic acid groups (broad SMARTS) is 1. The number of esters is 3. The molecule has 8 rings (SSSR count). The molecule has 0 aliphatic rings. The molecule has 0 radical (unpaired) electrons. The molecule has 8 aromatic carbocycles. The minimum atomic E-state index is -3.85. The number of methoxy groups -OCH3 is 3. The molecule has 2 N–H and O–H groups in total. The van der Waals surface area contributed by atoms with Crippen molar-refractivity contribution in [3.05, 3.63) is 262 Å². The number of halogens is 4. The minimum Gasteiger partial charge on any atom is -0.478 e. The van der Waals surface area contributed by atoms with Gasteiger partial charge in [0.05, 0.1) is 58.0 Å². The van der Waals surface area contributed by atoms with Gasteiger partial charge in [0.2, 0.25) is 0 Å². The summed E-state index contributed by atoms with van der Waals surface area (Å²) >= 11 is 0. The number of sulfonamides is 4. The van der Waals surface area contributed by atoms with Crippen molar-refractivity contribution in [2.75, 3.05) is 60.1 Å². The molecule has 530 valence electrons. The van der Waals surface area contributed by atoms with Gasteiger partial charge in [-0.3, -0.25) is 17.6 Å². The third kappa shape index (κ3) is 23.5. The van der Waals surface area contributed by atoms with Gasteiger partial charge in [-0.25, -0.2) is 70.4 Å². The van der Waals surface area contributed by atoms with E-state index in [0.29, 0.717) is 61.6 Å². The highest BCUT2D eigenvalue weighted by molar-refractivity contribution is 7.93. The summed E-state index contributed by atoms with van der Waals surface area (Å²) < 4.78 is 174. The molecule has 0 spiro atoms. The van der Waals surface area contributed by atoms with Crippen LogP contribution in [0.15, 0.2) is 214 Å². The SMILES string of the molecule is CC.COC(=O)/C=C/c1cccc(S(=O)(=O)N(C)c2ccc(F)c(C)c2)c1.COC(=O)/C=C/c1cccc(S(=O)(=O)N(C)c2ccc(F)c(C)c2)c1.COC(=O)/C=C/c1cccc(S(=O)(=O)Nc2ccc(F)c(C)c2)c1.Cc1cc(N(C)S(=O)(=O)c2cccc(/C=C/C(=O)O)c2)ccc1F. The van der Waals surface area contributed by atoms with Gasteiger partial charge in [-0.2, -0.15) is 0 Å². The number of rotatable bonds is 20. The first kappa shape index (κ1) is 81.7. The smallest absolute Gasteiger partial charge is 0.330 e. The van der Waals surface area contributed by atoms with Gasteiger partial charge in [-0.05, 0) is 218 Å². The zero-order chi connectivity index (χ0) is 74.9. The molecule has 20 nitrogen and oxygen atoms in total. The lowest BCUT2D eigenvalue weighted by Gasteiger charge is -2.20. The Bertz CT molecular complexity index is 4700. The molecule has 0 fully saturated rings. The van der Waals surface area contributed by atoms with Gasteiger partial charge in [0, 0.05) is 51.1 Å². The van der Waals surface area contributed by atoms with Crippen molar-refractivity contribution < 1.29 is 89.7 Å². The molecule has 28 heteroatoms. The van der Waals surface area contributed by atoms with Gasteiger partial charge >= 0.3 is 23.9 Å². The lowest BCUT2D eigenvalue weighted by Crippen LogP contribution is -2.26. The Hall–Kier alpha value is -10.7. The molecular formula is C72H74F4N4O16S4. The maximum absolute atomic E-state index is 13.4. The molecule has 0 unspecified atom stereocenters. The molecule has 0 aromatic heterocycles. The minimum absolute atomic E-state index is 0.0134. The van der Waals surface area contributed by atoms with E-state index < -0.39 is 87.2 Å². The van der Waals surface area contributed by atoms with Crippen LogP contribution >= 0.6 is 0 Å². The molecule has 0 aliphatic heterocycles. The Kier molecular flexibility index (Phi) is 30.5. The van der Waals surface area contributed by atoms with Crippen molar-refractivity contribution in [2.24, 2.45) is 0 Å². The highest BCUT2D eigenvalue weighted by Crippen LogP contribution is 2.29. The summed E-state index contributed by atoms with van der Waals surface area (Å²) in [4.78, 5) is 44.1. The zero-order valence-electron chi connectivity index (χ0n) is 56.3. The Morgan fingerprint density at radius 3 is 0.910 bits per heavy atom. The number of aliphatic carboxylic acids is 1. The Morgan fingerprint density at radius 2 is 0.640 bits per heavy atom. The maximum Gasteiger partial charge on any atom is 0.330 e. The van der Waals surface area contributed by atoms with Crippen molar-refractivity contribution in [2.45, 2.75) is 61.1 Å². The fraction of sp³-hybridized carbons (Fsp3) is 0.167. The van der Waals surface area contributed by atoms with E-state index in [1.54, 1.807) is 70.2 Å². The third-order valence-electron chi connectivity index (χ3n) is 13.9. The Balaban J connectivity index is 0.000000280. The zero-order valence-corrected chi connectivity index (χ0v) is 59.6. The maximum atomic E-state index is 13.4. The Labute approximate surface area is 580 Å². The number of nitrogens with one attached hydrogen (secondary N) is 1. The summed E-state index contributed by atoms with van der Waals surface area (Å²) in [6, 6.07) is 40.5. The first-order valence-electron chi connectivity index (χ1n) is 29.7. The van der Waals surface area contributed by atoms with Crippen LogP contribution in [0.4, 0.5) is 40.3 Å². The van der Waals surface area contributed by atoms with E-state index in [-0.39, 0.29) is 25.3 Å². The van der Waals surface area contributed by atoms with E-state index in [2.05, 4.69) is 18.9 Å². The fourth-order valence-electron chi connectivity index (χ4n) is 8.27. The van der Waals surface area contributed by atoms with E-state index >= 15 is 0 Å². The van der Waals surface area contributed by atoms with Crippen LogP contribution in [0.25, 0.3) is 24.3 Å². The van der Waals surface area contributed by atoms with Gasteiger partial charge in [-0.1, -0.05) is 62.4 Å². The average molecular weight is 1460 g/mol. The van der Waals surface area contributed by atoms with Crippen LogP contribution < -0.4 is 17.6 Å². The highest BCUT2D eigenvalue weighted by atomic mass is 32.2. The summed E-state index contributed by atoms with van der Waals surface area (Å²) in [5.74, 6) is -4.35. The molecule has 0 amide bonds. The standard InChI is InChI=1S/2C18H18FNO4S.2C17H16FNO4S.C2H6/c2*1-13-11-15(8-9-17(13)19)20(2)25(22,23)16-6-4-5-14(12-16)7-10-18(21)24-3;1-12-10-14(7-8-16(12)18)19-24(21,22)15-5-3-4-13(11-15)6-9-17(20)23-2;1-12-10-14(7-8-16(12)18)19(2)24(22,23)15-5-3-4-13(11-15)6-9-17(20)21;1-2/h2*4-12H,1-3H3;3-11,19H,1-2H3;3-11H,1-2H3,(H,20,21);1-2H3/b2*10-7+;2*9-6+;. The Morgan fingerprint density at radius 1 is 0.380 bits per heavy atom. The van der Waals surface area contributed by atoms with Crippen LogP contribution in [0.3, 0.4) is 0 Å². The number of hydrogen-bond acceptors (Lipinski definition) is 15. The van der Waals surface area contributed by atoms with Crippen molar-refractivity contribution in [1.82, 2.24) is 0 Å². The molecule has 8 aromatic rings. The average Bonchev–Trinajstić information content (AvgIpc) is 0.825. The van der Waals surface area contributed by atoms with Crippen molar-refractivity contribution >= 4 is 111 Å². The topological polar surface area (TPSA) is 275 Å². The van der Waals surface area contributed by atoms with E-state index in [9.17, 15) is 70.4 Å². The molecule has 0 saturated heterocycles. The second-order valence-electron chi connectivity index (χ2n) is 20.8. The van der Waals surface area contributed by atoms with Crippen LogP contribution in [0, 0.1) is 51.0 Å². The lowest BCUT2D eigenvalue weighted by molar-refractivity contribution is -0.135. The summed E-state index contributed by atoms with van der Waals surface area (Å²) in [7, 11) is -7.39. The molecule has 0 aliphatic carbocycles. The number of hydrogen-bond donors (Lipinski definition) is 2. The van der Waals surface area contributed by atoms with Gasteiger partial charge in [0.15, 0.2) is 0 Å². The predicted octanol–water partition coefficient (Wildman–Crippen LogP) is 13.5. The normalized spacial score (nSPS) is 11.4. The van der Waals surface area contributed by atoms with Gasteiger partial charge in [0.25, 0.3) is 40.1 Å². The number of ether oxygens (including phenoxy) is 3. The van der Waals surface area contributed by atoms with Crippen LogP contribution in [0.5, 0.6) is 0 Å². The molecular weight excluding hydrogens is 1380 g/mol. The van der Waals surface area contributed by atoms with Crippen LogP contribution in [-0.2, 0) is 73.5 Å². The van der Waals surface area contributed by atoms with Crippen molar-refractivity contribution in [3.63, 3.8) is 0 Å². The van der Waals surface area contributed by atoms with Gasteiger partial charge in [0.1, 0.15) is 23.3 Å². The number of nitrogens with zero attached hydrogens (tertiary/aromatic N) is 3. The quantitative estimate of drug-likeness (QED) is 0.0310. The summed E-state index contributed by atoms with van der Waals surface area (Å²) in [6.45, 7) is 10.2. The molecule has 0 atom stereocenters. The number of aryl methyl sites for hydroxylation is 4. The molecule has 0 bridgehead atoms. The van der Waals surface area contributed by atoms with Gasteiger partial charge in [-0.15, -0.1) is 0 Å². The van der Waals surface area contributed by atoms with Crippen LogP contribution in [0.2, 0.25) is 0 Å². The summed E-state index contributed by atoms with van der Waals surface area (Å²) in [5, 5.41) is 8.65. The largest absolute Gasteiger partial charge is 0.478 e. The van der Waals surface area contributed by atoms with E-state index in [1.165, 1.54) is 212 Å². The first-order valence-corrected chi connectivity index (χ1v) is 35.5. The predicted molar refractivity (Wildman–Crippen MR) is 379 cm³/mol. The third-order valence-corrected chi connectivity index (χ3v) is 20.6. The number of carbonyl (C=O) groups excluding carboxylic acids is 3. The fourth-order valence-corrected chi connectivity index (χ4v) is 13.1. The lowest BCUT2D eigenvalue weighted by atomic mass is 10.2. The summed E-state index contributed by atoms with van der Waals surface area (Å²) in [5.41, 5.74) is 4.75. The number of anilines is 4. The summed E-state index contributed by atoms with van der Waals surface area (Å²) in [6.07, 6.45) is 10.2. The van der Waals surface area contributed by atoms with Gasteiger partial charge < -0.3 is 19.3 Å². The number of carbonyl (C=O) groups is 4. The van der Waals surface area contributed by atoms with Crippen LogP contribution in [-0.4, -0.2) is 105 Å². The molecule has 100 heavy (non-hydrogen) atoms. The number of benzene rings is 8. The van der Waals surface area contributed by atoms with E-state index in [4.69, 9.17) is 5.11 Å². The van der Waals surface area contributed by atoms with E-state index in [0.717, 1.165) is 19.0 Å². The number of carboxylic acids is 1. The van der Waals surface area contributed by atoms with Crippen molar-refractivity contribution in [3.8, 4) is 0 Å². The highest BCUT2D eigenvalue weighted by Gasteiger charge is 2.25. The van der Waals surface area contributed by atoms with Crippen molar-refractivity contribution in [1.29, 1.82) is 0 Å². The second kappa shape index (κ2) is 37.3.